The zero-order chi connectivity index (χ0) is 12.2. The Bertz CT molecular complexity index is 518. The summed E-state index contributed by atoms with van der Waals surface area (Å²) in [5, 5.41) is 2.91. The molecule has 0 bridgehead atoms. The van der Waals surface area contributed by atoms with Crippen molar-refractivity contribution < 1.29 is 8.42 Å². The molecule has 0 fully saturated rings. The van der Waals surface area contributed by atoms with Gasteiger partial charge in [-0.3, -0.25) is 0 Å². The maximum atomic E-state index is 11.8. The van der Waals surface area contributed by atoms with Crippen LogP contribution in [0.5, 0.6) is 0 Å². The zero-order valence-electron chi connectivity index (χ0n) is 8.96. The Morgan fingerprint density at radius 1 is 1.19 bits per heavy atom. The molecule has 0 amide bonds. The first-order chi connectivity index (χ1) is 7.49. The molecule has 0 aliphatic rings. The molecule has 0 saturated carbocycles. The summed E-state index contributed by atoms with van der Waals surface area (Å²) in [4.78, 5) is 0.194. The molecule has 0 saturated heterocycles. The number of rotatable bonds is 4. The van der Waals surface area contributed by atoms with E-state index in [0.29, 0.717) is 0 Å². The fourth-order valence-corrected chi connectivity index (χ4v) is 3.35. The van der Waals surface area contributed by atoms with Crippen LogP contribution in [0.1, 0.15) is 5.56 Å². The zero-order valence-corrected chi connectivity index (χ0v) is 10.6. The van der Waals surface area contributed by atoms with Gasteiger partial charge in [-0.05, 0) is 40.6 Å². The molecule has 0 aliphatic heterocycles. The van der Waals surface area contributed by atoms with Gasteiger partial charge in [0.1, 0.15) is 0 Å². The van der Waals surface area contributed by atoms with E-state index in [1.165, 1.54) is 10.8 Å². The van der Waals surface area contributed by atoms with Gasteiger partial charge in [0.05, 0.1) is 4.90 Å². The van der Waals surface area contributed by atoms with Gasteiger partial charge in [-0.2, -0.15) is 8.42 Å². The lowest BCUT2D eigenvalue weighted by Crippen LogP contribution is -1.97. The molecule has 3 nitrogen and oxygen atoms in total. The summed E-state index contributed by atoms with van der Waals surface area (Å²) in [5.74, 6) is 0. The molecule has 0 aromatic heterocycles. The topological polar surface area (TPSA) is 46.5 Å². The highest BCUT2D eigenvalue weighted by Crippen LogP contribution is 2.14. The van der Waals surface area contributed by atoms with Crippen molar-refractivity contribution in [1.29, 1.82) is 0 Å². The highest BCUT2D eigenvalue weighted by atomic mass is 32.3. The molecular weight excluding hydrogens is 242 g/mol. The van der Waals surface area contributed by atoms with E-state index < -0.39 is 20.7 Å². The molecule has 5 heteroatoms. The average molecular weight is 255 g/mol. The van der Waals surface area contributed by atoms with Crippen molar-refractivity contribution in [1.82, 2.24) is 0 Å². The molecule has 0 radical (unpaired) electrons. The van der Waals surface area contributed by atoms with Crippen LogP contribution >= 0.6 is 0 Å². The van der Waals surface area contributed by atoms with Crippen LogP contribution < -0.4 is 0 Å². The molecule has 86 valence electrons. The fraction of sp³-hybridized carbons (Fsp3) is 0.0909. The third-order valence-corrected chi connectivity index (χ3v) is 4.87. The minimum atomic E-state index is -3.61. The number of aryl methyl sites for hydroxylation is 1. The lowest BCUT2D eigenvalue weighted by Gasteiger charge is -2.00. The van der Waals surface area contributed by atoms with Gasteiger partial charge in [-0.25, -0.2) is 0 Å². The molecular formula is C11H13NO2S2. The minimum Gasteiger partial charge on any atom is -0.199 e. The van der Waals surface area contributed by atoms with Crippen LogP contribution in [0.25, 0.3) is 0 Å². The Morgan fingerprint density at radius 2 is 1.69 bits per heavy atom. The first-order valence-corrected chi connectivity index (χ1v) is 7.26. The smallest absolute Gasteiger partial charge is 0.199 e. The van der Waals surface area contributed by atoms with E-state index in [2.05, 4.69) is 16.9 Å². The van der Waals surface area contributed by atoms with E-state index in [9.17, 15) is 8.42 Å². The summed E-state index contributed by atoms with van der Waals surface area (Å²) in [6.45, 7) is 8.91. The van der Waals surface area contributed by atoms with Crippen molar-refractivity contribution in [3.8, 4) is 0 Å². The van der Waals surface area contributed by atoms with E-state index in [4.69, 9.17) is 0 Å². The van der Waals surface area contributed by atoms with E-state index >= 15 is 0 Å². The second-order valence-electron chi connectivity index (χ2n) is 3.04. The maximum Gasteiger partial charge on any atom is 0.288 e. The third-order valence-electron chi connectivity index (χ3n) is 1.84. The number of benzene rings is 1. The fourth-order valence-electron chi connectivity index (χ4n) is 0.995. The molecule has 1 rings (SSSR count). The van der Waals surface area contributed by atoms with Gasteiger partial charge in [0.15, 0.2) is 0 Å². The normalized spacial score (nSPS) is 11.1. The van der Waals surface area contributed by atoms with E-state index in [0.717, 1.165) is 5.56 Å². The lowest BCUT2D eigenvalue weighted by molar-refractivity contribution is 0.598. The lowest BCUT2D eigenvalue weighted by atomic mass is 10.2. The van der Waals surface area contributed by atoms with Crippen LogP contribution in [-0.2, 0) is 20.7 Å². The van der Waals surface area contributed by atoms with Crippen molar-refractivity contribution in [2.75, 3.05) is 0 Å². The number of sulfonamides is 1. The predicted octanol–water partition coefficient (Wildman–Crippen LogP) is 2.77. The number of hydrogen-bond donors (Lipinski definition) is 0. The quantitative estimate of drug-likeness (QED) is 0.830. The molecule has 16 heavy (non-hydrogen) atoms. The average Bonchev–Trinajstić information content (AvgIpc) is 2.26. The summed E-state index contributed by atoms with van der Waals surface area (Å²) < 4.78 is 27.3. The van der Waals surface area contributed by atoms with Crippen LogP contribution in [0.4, 0.5) is 0 Å². The van der Waals surface area contributed by atoms with Crippen LogP contribution in [0, 0.1) is 6.92 Å². The molecule has 0 N–H and O–H groups in total. The first kappa shape index (κ1) is 12.9. The van der Waals surface area contributed by atoms with Gasteiger partial charge >= 0.3 is 0 Å². The summed E-state index contributed by atoms with van der Waals surface area (Å²) in [5.41, 5.74) is 1.00. The molecule has 0 heterocycles. The Hall–Kier alpha value is -1.20. The summed E-state index contributed by atoms with van der Waals surface area (Å²) >= 11 is 0. The number of nitrogens with zero attached hydrogens (tertiary/aromatic N) is 1. The van der Waals surface area contributed by atoms with Gasteiger partial charge in [0.2, 0.25) is 0 Å². The van der Waals surface area contributed by atoms with Crippen LogP contribution in [-0.4, -0.2) is 8.42 Å². The van der Waals surface area contributed by atoms with Crippen LogP contribution in [0.3, 0.4) is 0 Å². The van der Waals surface area contributed by atoms with Gasteiger partial charge in [-0.1, -0.05) is 30.9 Å². The molecule has 0 aliphatic carbocycles. The molecule has 0 atom stereocenters. The summed E-state index contributed by atoms with van der Waals surface area (Å²) in [6, 6.07) is 6.56. The predicted molar refractivity (Wildman–Crippen MR) is 68.6 cm³/mol. The van der Waals surface area contributed by atoms with Gasteiger partial charge in [0, 0.05) is 0 Å². The Balaban J connectivity index is 3.22. The first-order valence-electron chi connectivity index (χ1n) is 4.51. The van der Waals surface area contributed by atoms with E-state index in [-0.39, 0.29) is 4.90 Å². The highest BCUT2D eigenvalue weighted by Gasteiger charge is 2.11. The number of hydrogen-bond acceptors (Lipinski definition) is 2. The van der Waals surface area contributed by atoms with Crippen molar-refractivity contribution in [2.24, 2.45) is 3.77 Å². The Labute approximate surface area is 98.7 Å². The van der Waals surface area contributed by atoms with Crippen molar-refractivity contribution >= 4 is 20.7 Å². The van der Waals surface area contributed by atoms with Crippen LogP contribution in [0.2, 0.25) is 0 Å². The van der Waals surface area contributed by atoms with Crippen molar-refractivity contribution in [3.05, 3.63) is 53.8 Å². The Kier molecular flexibility index (Phi) is 4.20. The van der Waals surface area contributed by atoms with Gasteiger partial charge in [-0.15, -0.1) is 3.77 Å². The monoisotopic (exact) mass is 255 g/mol. The molecule has 0 spiro atoms. The van der Waals surface area contributed by atoms with Crippen molar-refractivity contribution in [2.45, 2.75) is 11.8 Å². The second-order valence-corrected chi connectivity index (χ2v) is 6.42. The van der Waals surface area contributed by atoms with E-state index in [1.807, 2.05) is 6.92 Å². The molecule has 0 unspecified atom stereocenters. The third kappa shape index (κ3) is 3.15. The SMILES string of the molecule is C=CS(C=C)=NS(=O)(=O)c1ccc(C)cc1. The standard InChI is InChI=1S/C11H13NO2S2/c1-4-15(5-2)12-16(13,14)11-8-6-10(3)7-9-11/h4-9H,1-2H2,3H3. The molecule has 1 aromatic carbocycles. The minimum absolute atomic E-state index is 0.194. The molecule has 1 aromatic rings. The Morgan fingerprint density at radius 3 is 2.12 bits per heavy atom. The van der Waals surface area contributed by atoms with Crippen LogP contribution in [0.15, 0.2) is 56.9 Å². The van der Waals surface area contributed by atoms with E-state index in [1.54, 1.807) is 24.3 Å². The second kappa shape index (κ2) is 5.23. The van der Waals surface area contributed by atoms with Gasteiger partial charge < -0.3 is 0 Å². The summed E-state index contributed by atoms with van der Waals surface area (Å²) in [6.07, 6.45) is 0. The van der Waals surface area contributed by atoms with Crippen molar-refractivity contribution in [3.63, 3.8) is 0 Å². The largest absolute Gasteiger partial charge is 0.288 e. The summed E-state index contributed by atoms with van der Waals surface area (Å²) in [7, 11) is -4.45. The highest BCUT2D eigenvalue weighted by molar-refractivity contribution is 8.02. The maximum absolute atomic E-state index is 11.8. The van der Waals surface area contributed by atoms with Gasteiger partial charge in [0.25, 0.3) is 10.0 Å².